The minimum Gasteiger partial charge on any atom is -0.495 e. The molecular formula is C21H21N5O4S. The molecule has 160 valence electrons. The second kappa shape index (κ2) is 8.38. The molecule has 1 aromatic heterocycles. The standard InChI is InChI=1S/C21H21N5O4S/c1-13-6-8-17(30-3)19-15(13)5-4-10-25(19)20(27)14-7-9-18(16(11-14)26(28)29)31-21-23-22-12-24(21)2/h6-9,11-12H,4-5,10H2,1-3H3. The minimum atomic E-state index is -0.482. The third-order valence-electron chi connectivity index (χ3n) is 5.30. The van der Waals surface area contributed by atoms with Gasteiger partial charge in [-0.1, -0.05) is 6.07 Å². The molecule has 1 aliphatic rings. The summed E-state index contributed by atoms with van der Waals surface area (Å²) in [5.74, 6) is 0.334. The van der Waals surface area contributed by atoms with E-state index in [1.54, 1.807) is 35.8 Å². The molecule has 0 saturated carbocycles. The Bertz CT molecular complexity index is 1180. The van der Waals surface area contributed by atoms with Gasteiger partial charge in [-0.2, -0.15) is 0 Å². The fourth-order valence-corrected chi connectivity index (χ4v) is 4.57. The number of amides is 1. The molecule has 10 heteroatoms. The van der Waals surface area contributed by atoms with E-state index in [2.05, 4.69) is 10.2 Å². The quantitative estimate of drug-likeness (QED) is 0.440. The normalized spacial score (nSPS) is 13.1. The van der Waals surface area contributed by atoms with Crippen molar-refractivity contribution < 1.29 is 14.5 Å². The van der Waals surface area contributed by atoms with Crippen molar-refractivity contribution in [3.63, 3.8) is 0 Å². The molecule has 31 heavy (non-hydrogen) atoms. The zero-order valence-electron chi connectivity index (χ0n) is 17.4. The van der Waals surface area contributed by atoms with Gasteiger partial charge in [0, 0.05) is 25.2 Å². The number of nitro groups is 1. The van der Waals surface area contributed by atoms with Gasteiger partial charge in [0.1, 0.15) is 12.1 Å². The molecule has 0 radical (unpaired) electrons. The number of hydrogen-bond acceptors (Lipinski definition) is 7. The SMILES string of the molecule is COc1ccc(C)c2c1N(C(=O)c1ccc(Sc3nncn3C)c([N+](=O)[O-])c1)CCC2. The third-order valence-corrected chi connectivity index (χ3v) is 6.41. The highest BCUT2D eigenvalue weighted by atomic mass is 32.2. The summed E-state index contributed by atoms with van der Waals surface area (Å²) in [5.41, 5.74) is 3.02. The van der Waals surface area contributed by atoms with Crippen LogP contribution in [0.1, 0.15) is 27.9 Å². The first-order valence-corrected chi connectivity index (χ1v) is 10.5. The van der Waals surface area contributed by atoms with E-state index in [1.807, 2.05) is 19.1 Å². The molecule has 0 aliphatic carbocycles. The maximum atomic E-state index is 13.4. The van der Waals surface area contributed by atoms with Crippen molar-refractivity contribution in [1.29, 1.82) is 0 Å². The minimum absolute atomic E-state index is 0.146. The van der Waals surface area contributed by atoms with Crippen molar-refractivity contribution >= 4 is 29.0 Å². The number of aromatic nitrogens is 3. The summed E-state index contributed by atoms with van der Waals surface area (Å²) in [6, 6.07) is 8.36. The van der Waals surface area contributed by atoms with Crippen molar-refractivity contribution in [2.75, 3.05) is 18.6 Å². The number of nitrogens with zero attached hydrogens (tertiary/aromatic N) is 5. The Kier molecular flexibility index (Phi) is 5.64. The molecule has 1 amide bonds. The van der Waals surface area contributed by atoms with Crippen molar-refractivity contribution in [2.24, 2.45) is 7.05 Å². The second-order valence-electron chi connectivity index (χ2n) is 7.24. The smallest absolute Gasteiger partial charge is 0.284 e. The molecule has 4 rings (SSSR count). The van der Waals surface area contributed by atoms with Crippen LogP contribution < -0.4 is 9.64 Å². The predicted molar refractivity (Wildman–Crippen MR) is 116 cm³/mol. The van der Waals surface area contributed by atoms with Gasteiger partial charge in [0.25, 0.3) is 11.6 Å². The highest BCUT2D eigenvalue weighted by Crippen LogP contribution is 2.40. The Morgan fingerprint density at radius 2 is 2.10 bits per heavy atom. The number of ether oxygens (including phenoxy) is 1. The fraction of sp³-hybridized carbons (Fsp3) is 0.286. The van der Waals surface area contributed by atoms with Crippen LogP contribution in [0.15, 0.2) is 46.7 Å². The van der Waals surface area contributed by atoms with Gasteiger partial charge in [0.15, 0.2) is 5.16 Å². The van der Waals surface area contributed by atoms with Crippen LogP contribution in [0.4, 0.5) is 11.4 Å². The molecule has 0 bridgehead atoms. The van der Waals surface area contributed by atoms with Crippen LogP contribution in [-0.4, -0.2) is 39.2 Å². The average Bonchev–Trinajstić information content (AvgIpc) is 3.18. The fourth-order valence-electron chi connectivity index (χ4n) is 3.72. The number of carbonyl (C=O) groups excluding carboxylic acids is 1. The lowest BCUT2D eigenvalue weighted by atomic mass is 9.95. The van der Waals surface area contributed by atoms with Crippen LogP contribution in [0, 0.1) is 17.0 Å². The molecule has 0 unspecified atom stereocenters. The van der Waals surface area contributed by atoms with Gasteiger partial charge >= 0.3 is 0 Å². The Morgan fingerprint density at radius 3 is 2.77 bits per heavy atom. The number of fused-ring (bicyclic) bond motifs is 1. The number of anilines is 1. The van der Waals surface area contributed by atoms with Crippen molar-refractivity contribution in [1.82, 2.24) is 14.8 Å². The second-order valence-corrected chi connectivity index (χ2v) is 8.25. The molecule has 2 heterocycles. The topological polar surface area (TPSA) is 103 Å². The number of benzene rings is 2. The number of hydrogen-bond donors (Lipinski definition) is 0. The lowest BCUT2D eigenvalue weighted by Crippen LogP contribution is -2.36. The van der Waals surface area contributed by atoms with Crippen molar-refractivity contribution in [2.45, 2.75) is 29.8 Å². The number of nitro benzene ring substituents is 1. The van der Waals surface area contributed by atoms with E-state index in [0.29, 0.717) is 22.3 Å². The first-order valence-electron chi connectivity index (χ1n) is 9.69. The molecule has 0 atom stereocenters. The van der Waals surface area contributed by atoms with Crippen LogP contribution in [0.5, 0.6) is 5.75 Å². The summed E-state index contributed by atoms with van der Waals surface area (Å²) in [5, 5.41) is 20.0. The van der Waals surface area contributed by atoms with Gasteiger partial charge in [-0.05, 0) is 60.9 Å². The molecule has 3 aromatic rings. The first-order chi connectivity index (χ1) is 14.9. The van der Waals surface area contributed by atoms with E-state index < -0.39 is 4.92 Å². The highest BCUT2D eigenvalue weighted by molar-refractivity contribution is 7.99. The number of rotatable bonds is 5. The highest BCUT2D eigenvalue weighted by Gasteiger charge is 2.29. The number of carbonyl (C=O) groups is 1. The number of aryl methyl sites for hydroxylation is 2. The van der Waals surface area contributed by atoms with E-state index in [1.165, 1.54) is 12.4 Å². The Labute approximate surface area is 183 Å². The molecule has 0 spiro atoms. The van der Waals surface area contributed by atoms with Gasteiger partial charge in [0.05, 0.1) is 22.6 Å². The van der Waals surface area contributed by atoms with Gasteiger partial charge in [-0.3, -0.25) is 14.9 Å². The molecule has 0 N–H and O–H groups in total. The summed E-state index contributed by atoms with van der Waals surface area (Å²) in [4.78, 5) is 26.7. The zero-order valence-corrected chi connectivity index (χ0v) is 18.2. The van der Waals surface area contributed by atoms with Crippen molar-refractivity contribution in [3.05, 3.63) is 63.5 Å². The van der Waals surface area contributed by atoms with Crippen LogP contribution in [-0.2, 0) is 13.5 Å². The van der Waals surface area contributed by atoms with Gasteiger partial charge in [-0.25, -0.2) is 0 Å². The van der Waals surface area contributed by atoms with E-state index >= 15 is 0 Å². The predicted octanol–water partition coefficient (Wildman–Crippen LogP) is 3.78. The Morgan fingerprint density at radius 1 is 1.29 bits per heavy atom. The van der Waals surface area contributed by atoms with Gasteiger partial charge in [-0.15, -0.1) is 10.2 Å². The van der Waals surface area contributed by atoms with Crippen LogP contribution in [0.25, 0.3) is 0 Å². The maximum absolute atomic E-state index is 13.4. The van der Waals surface area contributed by atoms with Crippen LogP contribution in [0.3, 0.4) is 0 Å². The molecule has 2 aromatic carbocycles. The molecule has 1 aliphatic heterocycles. The summed E-state index contributed by atoms with van der Waals surface area (Å²) in [6.07, 6.45) is 3.19. The monoisotopic (exact) mass is 439 g/mol. The van der Waals surface area contributed by atoms with Gasteiger partial charge < -0.3 is 14.2 Å². The molecule has 0 saturated heterocycles. The Balaban J connectivity index is 1.72. The van der Waals surface area contributed by atoms with E-state index in [4.69, 9.17) is 4.74 Å². The van der Waals surface area contributed by atoms with Crippen LogP contribution >= 0.6 is 11.8 Å². The summed E-state index contributed by atoms with van der Waals surface area (Å²) < 4.78 is 7.19. The number of methoxy groups -OCH3 is 1. The van der Waals surface area contributed by atoms with E-state index in [9.17, 15) is 14.9 Å². The molecule has 0 fully saturated rings. The largest absolute Gasteiger partial charge is 0.495 e. The summed E-state index contributed by atoms with van der Waals surface area (Å²) in [7, 11) is 3.33. The lowest BCUT2D eigenvalue weighted by Gasteiger charge is -2.32. The van der Waals surface area contributed by atoms with E-state index in [0.717, 1.165) is 41.4 Å². The van der Waals surface area contributed by atoms with Crippen molar-refractivity contribution in [3.8, 4) is 5.75 Å². The molecule has 9 nitrogen and oxygen atoms in total. The first kappa shape index (κ1) is 20.9. The lowest BCUT2D eigenvalue weighted by molar-refractivity contribution is -0.387. The summed E-state index contributed by atoms with van der Waals surface area (Å²) >= 11 is 1.13. The third kappa shape index (κ3) is 3.86. The zero-order chi connectivity index (χ0) is 22.1. The average molecular weight is 439 g/mol. The molecular weight excluding hydrogens is 418 g/mol. The summed E-state index contributed by atoms with van der Waals surface area (Å²) in [6.45, 7) is 2.53. The van der Waals surface area contributed by atoms with E-state index in [-0.39, 0.29) is 17.2 Å². The van der Waals surface area contributed by atoms with Crippen LogP contribution in [0.2, 0.25) is 0 Å². The Hall–Kier alpha value is -3.40. The maximum Gasteiger partial charge on any atom is 0.284 e. The van der Waals surface area contributed by atoms with Gasteiger partial charge in [0.2, 0.25) is 0 Å².